The second kappa shape index (κ2) is 7.09. The standard InChI is InChI=1S/C17H22N2O2/c1-12-8-9-16(21-12)13(2)19-17(20)15(11-18)10-14-6-4-3-5-7-14/h3-9,13,15H,10-11,18H2,1-2H3,(H,19,20). The third kappa shape index (κ3) is 4.20. The zero-order valence-corrected chi connectivity index (χ0v) is 12.5. The molecule has 1 heterocycles. The van der Waals surface area contributed by atoms with Crippen molar-refractivity contribution < 1.29 is 9.21 Å². The second-order valence-electron chi connectivity index (χ2n) is 5.30. The first kappa shape index (κ1) is 15.3. The summed E-state index contributed by atoms with van der Waals surface area (Å²) in [7, 11) is 0. The number of hydrogen-bond donors (Lipinski definition) is 2. The van der Waals surface area contributed by atoms with Crippen molar-refractivity contribution in [1.29, 1.82) is 0 Å². The molecular formula is C17H22N2O2. The van der Waals surface area contributed by atoms with Gasteiger partial charge in [-0.25, -0.2) is 0 Å². The van der Waals surface area contributed by atoms with Crippen molar-refractivity contribution in [2.45, 2.75) is 26.3 Å². The number of furan rings is 1. The normalized spacial score (nSPS) is 13.7. The average Bonchev–Trinajstić information content (AvgIpc) is 2.92. The summed E-state index contributed by atoms with van der Waals surface area (Å²) in [6.45, 7) is 4.12. The number of aryl methyl sites for hydroxylation is 1. The number of carbonyl (C=O) groups is 1. The van der Waals surface area contributed by atoms with Crippen LogP contribution in [0.25, 0.3) is 0 Å². The van der Waals surface area contributed by atoms with Crippen LogP contribution >= 0.6 is 0 Å². The topological polar surface area (TPSA) is 68.3 Å². The largest absolute Gasteiger partial charge is 0.464 e. The molecule has 1 amide bonds. The molecule has 0 saturated carbocycles. The predicted molar refractivity (Wildman–Crippen MR) is 82.7 cm³/mol. The van der Waals surface area contributed by atoms with Crippen LogP contribution in [0.5, 0.6) is 0 Å². The molecule has 0 bridgehead atoms. The molecule has 21 heavy (non-hydrogen) atoms. The van der Waals surface area contributed by atoms with E-state index in [9.17, 15) is 4.79 Å². The van der Waals surface area contributed by atoms with Gasteiger partial charge < -0.3 is 15.5 Å². The van der Waals surface area contributed by atoms with E-state index in [-0.39, 0.29) is 17.9 Å². The summed E-state index contributed by atoms with van der Waals surface area (Å²) in [5.74, 6) is 1.33. The Kier molecular flexibility index (Phi) is 5.17. The van der Waals surface area contributed by atoms with E-state index in [1.807, 2.05) is 56.3 Å². The summed E-state index contributed by atoms with van der Waals surface area (Å²) in [5.41, 5.74) is 6.87. The quantitative estimate of drug-likeness (QED) is 0.857. The Morgan fingerprint density at radius 2 is 1.95 bits per heavy atom. The molecule has 1 aromatic heterocycles. The number of carbonyl (C=O) groups excluding carboxylic acids is 1. The highest BCUT2D eigenvalue weighted by molar-refractivity contribution is 5.79. The molecule has 0 aliphatic heterocycles. The molecule has 112 valence electrons. The van der Waals surface area contributed by atoms with Gasteiger partial charge in [0.1, 0.15) is 11.5 Å². The first-order chi connectivity index (χ1) is 10.1. The van der Waals surface area contributed by atoms with E-state index in [1.165, 1.54) is 0 Å². The van der Waals surface area contributed by atoms with Crippen LogP contribution < -0.4 is 11.1 Å². The highest BCUT2D eigenvalue weighted by atomic mass is 16.3. The summed E-state index contributed by atoms with van der Waals surface area (Å²) in [5, 5.41) is 2.97. The van der Waals surface area contributed by atoms with Gasteiger partial charge in [0.25, 0.3) is 0 Å². The van der Waals surface area contributed by atoms with Crippen molar-refractivity contribution in [3.05, 3.63) is 59.5 Å². The number of nitrogens with two attached hydrogens (primary N) is 1. The van der Waals surface area contributed by atoms with Gasteiger partial charge in [-0.05, 0) is 38.0 Å². The zero-order valence-electron chi connectivity index (χ0n) is 12.5. The molecule has 3 N–H and O–H groups in total. The number of rotatable bonds is 6. The Labute approximate surface area is 125 Å². The van der Waals surface area contributed by atoms with Crippen LogP contribution in [0, 0.1) is 12.8 Å². The van der Waals surface area contributed by atoms with E-state index >= 15 is 0 Å². The zero-order chi connectivity index (χ0) is 15.2. The molecule has 0 radical (unpaired) electrons. The van der Waals surface area contributed by atoms with Crippen LogP contribution in [0.15, 0.2) is 46.9 Å². The van der Waals surface area contributed by atoms with Crippen LogP contribution in [0.1, 0.15) is 30.0 Å². The van der Waals surface area contributed by atoms with E-state index in [0.29, 0.717) is 13.0 Å². The highest BCUT2D eigenvalue weighted by Crippen LogP contribution is 2.17. The summed E-state index contributed by atoms with van der Waals surface area (Å²) in [6, 6.07) is 13.5. The van der Waals surface area contributed by atoms with Gasteiger partial charge in [0.05, 0.1) is 12.0 Å². The van der Waals surface area contributed by atoms with E-state index in [1.54, 1.807) is 0 Å². The summed E-state index contributed by atoms with van der Waals surface area (Å²) in [4.78, 5) is 12.3. The van der Waals surface area contributed by atoms with Gasteiger partial charge in [-0.2, -0.15) is 0 Å². The maximum atomic E-state index is 12.3. The van der Waals surface area contributed by atoms with E-state index in [2.05, 4.69) is 5.32 Å². The molecular weight excluding hydrogens is 264 g/mol. The maximum absolute atomic E-state index is 12.3. The number of nitrogens with one attached hydrogen (secondary N) is 1. The molecule has 0 fully saturated rings. The monoisotopic (exact) mass is 286 g/mol. The molecule has 2 rings (SSSR count). The minimum absolute atomic E-state index is 0.0390. The minimum Gasteiger partial charge on any atom is -0.464 e. The first-order valence-corrected chi connectivity index (χ1v) is 7.21. The lowest BCUT2D eigenvalue weighted by atomic mass is 9.98. The fraction of sp³-hybridized carbons (Fsp3) is 0.353. The van der Waals surface area contributed by atoms with Crippen LogP contribution in [-0.4, -0.2) is 12.5 Å². The SMILES string of the molecule is Cc1ccc(C(C)NC(=O)C(CN)Cc2ccccc2)o1. The molecule has 2 atom stereocenters. The number of hydrogen-bond acceptors (Lipinski definition) is 3. The minimum atomic E-state index is -0.231. The van der Waals surface area contributed by atoms with Crippen LogP contribution in [0.4, 0.5) is 0 Å². The van der Waals surface area contributed by atoms with E-state index < -0.39 is 0 Å². The third-order valence-corrected chi connectivity index (χ3v) is 3.53. The third-order valence-electron chi connectivity index (χ3n) is 3.53. The molecule has 0 saturated heterocycles. The highest BCUT2D eigenvalue weighted by Gasteiger charge is 2.20. The van der Waals surface area contributed by atoms with Gasteiger partial charge >= 0.3 is 0 Å². The second-order valence-corrected chi connectivity index (χ2v) is 5.30. The summed E-state index contributed by atoms with van der Waals surface area (Å²) >= 11 is 0. The first-order valence-electron chi connectivity index (χ1n) is 7.21. The summed E-state index contributed by atoms with van der Waals surface area (Å²) < 4.78 is 5.53. The van der Waals surface area contributed by atoms with Crippen molar-refractivity contribution in [3.63, 3.8) is 0 Å². The molecule has 4 nitrogen and oxygen atoms in total. The predicted octanol–water partition coefficient (Wildman–Crippen LogP) is 2.58. The lowest BCUT2D eigenvalue weighted by Gasteiger charge is -2.18. The van der Waals surface area contributed by atoms with Crippen LogP contribution in [0.2, 0.25) is 0 Å². The fourth-order valence-corrected chi connectivity index (χ4v) is 2.27. The van der Waals surface area contributed by atoms with Crippen molar-refractivity contribution in [2.75, 3.05) is 6.54 Å². The van der Waals surface area contributed by atoms with Crippen molar-refractivity contribution in [2.24, 2.45) is 11.7 Å². The van der Waals surface area contributed by atoms with Gasteiger partial charge in [-0.15, -0.1) is 0 Å². The van der Waals surface area contributed by atoms with Crippen LogP contribution in [0.3, 0.4) is 0 Å². The van der Waals surface area contributed by atoms with Crippen molar-refractivity contribution in [1.82, 2.24) is 5.32 Å². The fourth-order valence-electron chi connectivity index (χ4n) is 2.27. The molecule has 2 unspecified atom stereocenters. The Hall–Kier alpha value is -2.07. The lowest BCUT2D eigenvalue weighted by molar-refractivity contribution is -0.125. The Morgan fingerprint density at radius 3 is 2.52 bits per heavy atom. The number of benzene rings is 1. The molecule has 0 aliphatic carbocycles. The lowest BCUT2D eigenvalue weighted by Crippen LogP contribution is -2.37. The van der Waals surface area contributed by atoms with E-state index in [4.69, 9.17) is 10.2 Å². The molecule has 2 aromatic rings. The molecule has 0 aliphatic rings. The Balaban J connectivity index is 1.97. The van der Waals surface area contributed by atoms with Gasteiger partial charge in [0.15, 0.2) is 0 Å². The average molecular weight is 286 g/mol. The smallest absolute Gasteiger partial charge is 0.225 e. The molecule has 0 spiro atoms. The Bertz CT molecular complexity index is 577. The molecule has 1 aromatic carbocycles. The van der Waals surface area contributed by atoms with E-state index in [0.717, 1.165) is 17.1 Å². The van der Waals surface area contributed by atoms with Gasteiger partial charge in [0.2, 0.25) is 5.91 Å². The number of amides is 1. The Morgan fingerprint density at radius 1 is 1.24 bits per heavy atom. The maximum Gasteiger partial charge on any atom is 0.225 e. The van der Waals surface area contributed by atoms with Gasteiger partial charge in [0, 0.05) is 6.54 Å². The van der Waals surface area contributed by atoms with Crippen LogP contribution in [-0.2, 0) is 11.2 Å². The van der Waals surface area contributed by atoms with Gasteiger partial charge in [-0.1, -0.05) is 30.3 Å². The van der Waals surface area contributed by atoms with Gasteiger partial charge in [-0.3, -0.25) is 4.79 Å². The van der Waals surface area contributed by atoms with Crippen molar-refractivity contribution >= 4 is 5.91 Å². The van der Waals surface area contributed by atoms with Crippen molar-refractivity contribution in [3.8, 4) is 0 Å². The summed E-state index contributed by atoms with van der Waals surface area (Å²) in [6.07, 6.45) is 0.646. The molecule has 4 heteroatoms.